The zero-order valence-electron chi connectivity index (χ0n) is 8.24. The van der Waals surface area contributed by atoms with E-state index in [-0.39, 0.29) is 11.9 Å². The topological polar surface area (TPSA) is 29.9 Å². The van der Waals surface area contributed by atoms with Gasteiger partial charge in [-0.25, -0.2) is 9.37 Å². The van der Waals surface area contributed by atoms with E-state index in [0.717, 1.165) is 17.1 Å². The summed E-state index contributed by atoms with van der Waals surface area (Å²) in [5.74, 6) is -0.232. The maximum atomic E-state index is 13.1. The Labute approximate surface area is 86.6 Å². The monoisotopic (exact) mass is 203 g/mol. The van der Waals surface area contributed by atoms with Crippen LogP contribution in [-0.2, 0) is 0 Å². The van der Waals surface area contributed by atoms with E-state index in [9.17, 15) is 4.39 Å². The first-order chi connectivity index (χ1) is 7.25. The van der Waals surface area contributed by atoms with Crippen LogP contribution in [-0.4, -0.2) is 9.55 Å². The molecule has 2 heterocycles. The Hall–Kier alpha value is -1.84. The lowest BCUT2D eigenvalue weighted by molar-refractivity contribution is 0.624. The summed E-state index contributed by atoms with van der Waals surface area (Å²) < 4.78 is 15.0. The van der Waals surface area contributed by atoms with E-state index in [0.29, 0.717) is 0 Å². The quantitative estimate of drug-likeness (QED) is 0.712. The lowest BCUT2D eigenvalue weighted by Crippen LogP contribution is -2.18. The lowest BCUT2D eigenvalue weighted by Gasteiger charge is -2.25. The van der Waals surface area contributed by atoms with Crippen molar-refractivity contribution >= 4 is 5.69 Å². The Morgan fingerprint density at radius 2 is 2.33 bits per heavy atom. The van der Waals surface area contributed by atoms with E-state index in [2.05, 4.69) is 17.2 Å². The molecule has 0 unspecified atom stereocenters. The van der Waals surface area contributed by atoms with Crippen molar-refractivity contribution in [3.8, 4) is 5.69 Å². The van der Waals surface area contributed by atoms with Crippen LogP contribution in [0.15, 0.2) is 30.7 Å². The Bertz CT molecular complexity index is 518. The number of benzene rings is 1. The van der Waals surface area contributed by atoms with Crippen LogP contribution in [0.25, 0.3) is 5.69 Å². The van der Waals surface area contributed by atoms with Crippen LogP contribution in [0.4, 0.5) is 10.1 Å². The average molecular weight is 203 g/mol. The summed E-state index contributed by atoms with van der Waals surface area (Å²) in [5, 5.41) is 3.30. The molecular weight excluding hydrogens is 193 g/mol. The molecule has 1 atom stereocenters. The summed E-state index contributed by atoms with van der Waals surface area (Å²) >= 11 is 0. The largest absolute Gasteiger partial charge is 0.375 e. The molecule has 1 aliphatic heterocycles. The molecule has 3 nitrogen and oxygen atoms in total. The van der Waals surface area contributed by atoms with Gasteiger partial charge in [0, 0.05) is 6.07 Å². The number of imidazole rings is 1. The molecular formula is C11H10FN3. The number of aromatic nitrogens is 2. The van der Waals surface area contributed by atoms with E-state index >= 15 is 0 Å². The highest BCUT2D eigenvalue weighted by atomic mass is 19.1. The van der Waals surface area contributed by atoms with Crippen molar-refractivity contribution in [2.45, 2.75) is 13.0 Å². The predicted octanol–water partition coefficient (Wildman–Crippen LogP) is 2.50. The summed E-state index contributed by atoms with van der Waals surface area (Å²) in [5.41, 5.74) is 2.81. The van der Waals surface area contributed by atoms with Crippen LogP contribution in [0, 0.1) is 5.82 Å². The van der Waals surface area contributed by atoms with Crippen LogP contribution in [0.3, 0.4) is 0 Å². The molecule has 76 valence electrons. The van der Waals surface area contributed by atoms with Crippen molar-refractivity contribution in [3.63, 3.8) is 0 Å². The number of halogens is 1. The number of nitrogens with one attached hydrogen (secondary N) is 1. The summed E-state index contributed by atoms with van der Waals surface area (Å²) in [4.78, 5) is 4.08. The van der Waals surface area contributed by atoms with Crippen molar-refractivity contribution in [3.05, 3.63) is 42.2 Å². The second kappa shape index (κ2) is 2.82. The fourth-order valence-corrected chi connectivity index (χ4v) is 1.96. The Kier molecular flexibility index (Phi) is 1.59. The third-order valence-electron chi connectivity index (χ3n) is 2.70. The van der Waals surface area contributed by atoms with E-state index in [1.54, 1.807) is 18.6 Å². The second-order valence-corrected chi connectivity index (χ2v) is 3.72. The van der Waals surface area contributed by atoms with Gasteiger partial charge in [0.2, 0.25) is 0 Å². The molecule has 0 bridgehead atoms. The number of fused-ring (bicyclic) bond motifs is 3. The number of hydrogen-bond donors (Lipinski definition) is 1. The van der Waals surface area contributed by atoms with Gasteiger partial charge in [-0.1, -0.05) is 0 Å². The zero-order valence-corrected chi connectivity index (χ0v) is 8.24. The van der Waals surface area contributed by atoms with Crippen LogP contribution < -0.4 is 5.32 Å². The first-order valence-electron chi connectivity index (χ1n) is 4.84. The smallest absolute Gasteiger partial charge is 0.125 e. The Balaban J connectivity index is 2.28. The van der Waals surface area contributed by atoms with Crippen molar-refractivity contribution in [2.24, 2.45) is 0 Å². The molecule has 15 heavy (non-hydrogen) atoms. The van der Waals surface area contributed by atoms with E-state index in [4.69, 9.17) is 0 Å². The van der Waals surface area contributed by atoms with Gasteiger partial charge < -0.3 is 5.32 Å². The number of anilines is 1. The zero-order chi connectivity index (χ0) is 10.4. The molecule has 0 saturated heterocycles. The van der Waals surface area contributed by atoms with E-state index in [1.165, 1.54) is 12.1 Å². The van der Waals surface area contributed by atoms with Gasteiger partial charge in [-0.3, -0.25) is 4.57 Å². The molecule has 0 fully saturated rings. The summed E-state index contributed by atoms with van der Waals surface area (Å²) in [6.07, 6.45) is 3.51. The molecule has 0 amide bonds. The van der Waals surface area contributed by atoms with Crippen molar-refractivity contribution in [2.75, 3.05) is 5.32 Å². The standard InChI is InChI=1S/C11H10FN3/c1-7-11-5-13-6-15(11)10-4-8(12)2-3-9(10)14-7/h2-7,14H,1H3/t7-/m0/s1. The number of rotatable bonds is 0. The average Bonchev–Trinajstić information content (AvgIpc) is 2.69. The van der Waals surface area contributed by atoms with E-state index in [1.807, 2.05) is 4.57 Å². The third-order valence-corrected chi connectivity index (χ3v) is 2.70. The van der Waals surface area contributed by atoms with Gasteiger partial charge >= 0.3 is 0 Å². The molecule has 1 aliphatic rings. The van der Waals surface area contributed by atoms with Crippen LogP contribution in [0.2, 0.25) is 0 Å². The SMILES string of the molecule is C[C@@H]1Nc2ccc(F)cc2-n2cncc21. The first kappa shape index (κ1) is 8.47. The molecule has 0 spiro atoms. The third kappa shape index (κ3) is 1.14. The molecule has 2 aromatic rings. The molecule has 0 radical (unpaired) electrons. The van der Waals surface area contributed by atoms with E-state index < -0.39 is 0 Å². The van der Waals surface area contributed by atoms with Gasteiger partial charge in [0.25, 0.3) is 0 Å². The van der Waals surface area contributed by atoms with Crippen LogP contribution in [0.1, 0.15) is 18.7 Å². The van der Waals surface area contributed by atoms with Gasteiger partial charge in [-0.05, 0) is 19.1 Å². The molecule has 1 aromatic carbocycles. The Morgan fingerprint density at radius 1 is 1.47 bits per heavy atom. The van der Waals surface area contributed by atoms with Crippen molar-refractivity contribution < 1.29 is 4.39 Å². The lowest BCUT2D eigenvalue weighted by atomic mass is 10.1. The summed E-state index contributed by atoms with van der Waals surface area (Å²) in [6, 6.07) is 4.93. The molecule has 3 rings (SSSR count). The van der Waals surface area contributed by atoms with Crippen LogP contribution >= 0.6 is 0 Å². The summed E-state index contributed by atoms with van der Waals surface area (Å²) in [6.45, 7) is 2.06. The van der Waals surface area contributed by atoms with Gasteiger partial charge in [0.1, 0.15) is 5.82 Å². The van der Waals surface area contributed by atoms with Gasteiger partial charge in [-0.15, -0.1) is 0 Å². The fourth-order valence-electron chi connectivity index (χ4n) is 1.96. The molecule has 0 aliphatic carbocycles. The van der Waals surface area contributed by atoms with Gasteiger partial charge in [-0.2, -0.15) is 0 Å². The van der Waals surface area contributed by atoms with Crippen molar-refractivity contribution in [1.29, 1.82) is 0 Å². The second-order valence-electron chi connectivity index (χ2n) is 3.72. The summed E-state index contributed by atoms with van der Waals surface area (Å²) in [7, 11) is 0. The maximum Gasteiger partial charge on any atom is 0.125 e. The molecule has 4 heteroatoms. The highest BCUT2D eigenvalue weighted by Gasteiger charge is 2.20. The molecule has 1 aromatic heterocycles. The highest BCUT2D eigenvalue weighted by Crippen LogP contribution is 2.32. The minimum atomic E-state index is -0.232. The van der Waals surface area contributed by atoms with Crippen molar-refractivity contribution in [1.82, 2.24) is 9.55 Å². The fraction of sp³-hybridized carbons (Fsp3) is 0.182. The Morgan fingerprint density at radius 3 is 3.20 bits per heavy atom. The molecule has 1 N–H and O–H groups in total. The van der Waals surface area contributed by atoms with Gasteiger partial charge in [0.15, 0.2) is 0 Å². The highest BCUT2D eigenvalue weighted by molar-refractivity contribution is 5.64. The minimum Gasteiger partial charge on any atom is -0.375 e. The minimum absolute atomic E-state index is 0.200. The van der Waals surface area contributed by atoms with Gasteiger partial charge in [0.05, 0.1) is 35.6 Å². The first-order valence-corrected chi connectivity index (χ1v) is 4.84. The molecule has 0 saturated carbocycles. The van der Waals surface area contributed by atoms with Crippen LogP contribution in [0.5, 0.6) is 0 Å². The number of nitrogens with zero attached hydrogens (tertiary/aromatic N) is 2. The predicted molar refractivity (Wildman–Crippen MR) is 55.6 cm³/mol. The number of hydrogen-bond acceptors (Lipinski definition) is 2. The normalized spacial score (nSPS) is 17.9. The maximum absolute atomic E-state index is 13.1.